The average molecular weight is 408 g/mol. The number of rotatable bonds is 4. The summed E-state index contributed by atoms with van der Waals surface area (Å²) >= 11 is 0. The van der Waals surface area contributed by atoms with Gasteiger partial charge in [0.15, 0.2) is 0 Å². The van der Waals surface area contributed by atoms with Crippen LogP contribution in [0.1, 0.15) is 27.3 Å². The lowest BCUT2D eigenvalue weighted by molar-refractivity contribution is -0.383. The van der Waals surface area contributed by atoms with Crippen LogP contribution in [0.15, 0.2) is 36.5 Å². The first-order valence-corrected chi connectivity index (χ1v) is 9.83. The number of carbonyl (C=O) groups is 1. The number of nitrogen functional groups attached to an aromatic ring is 1. The van der Waals surface area contributed by atoms with Gasteiger partial charge in [-0.1, -0.05) is 0 Å². The maximum Gasteiger partial charge on any atom is 0.292 e. The van der Waals surface area contributed by atoms with Gasteiger partial charge in [0.25, 0.3) is 11.6 Å². The second kappa shape index (κ2) is 7.75. The van der Waals surface area contributed by atoms with Crippen LogP contribution in [-0.2, 0) is 6.54 Å². The Balaban J connectivity index is 1.43. The molecule has 156 valence electrons. The molecule has 1 amide bonds. The monoisotopic (exact) mass is 408 g/mol. The molecule has 1 aromatic carbocycles. The first-order valence-electron chi connectivity index (χ1n) is 9.83. The number of aromatic nitrogens is 2. The van der Waals surface area contributed by atoms with Gasteiger partial charge in [-0.25, -0.2) is 4.98 Å². The molecule has 0 spiro atoms. The van der Waals surface area contributed by atoms with Crippen LogP contribution >= 0.6 is 0 Å². The number of imidazole rings is 1. The zero-order valence-electron chi connectivity index (χ0n) is 17.0. The predicted molar refractivity (Wildman–Crippen MR) is 113 cm³/mol. The second-order valence-corrected chi connectivity index (χ2v) is 7.68. The molecule has 0 unspecified atom stereocenters. The lowest BCUT2D eigenvalue weighted by Crippen LogP contribution is -2.48. The number of aryl methyl sites for hydroxylation is 2. The molecule has 1 saturated heterocycles. The van der Waals surface area contributed by atoms with E-state index in [0.717, 1.165) is 36.7 Å². The largest absolute Gasteiger partial charge is 0.393 e. The van der Waals surface area contributed by atoms with E-state index in [1.807, 2.05) is 13.1 Å². The first kappa shape index (κ1) is 19.8. The Morgan fingerprint density at radius 1 is 1.17 bits per heavy atom. The van der Waals surface area contributed by atoms with Gasteiger partial charge in [-0.05, 0) is 43.7 Å². The minimum atomic E-state index is -0.566. The highest BCUT2D eigenvalue weighted by Crippen LogP contribution is 2.24. The third-order valence-corrected chi connectivity index (χ3v) is 5.59. The summed E-state index contributed by atoms with van der Waals surface area (Å²) in [6, 6.07) is 8.35. The van der Waals surface area contributed by atoms with Gasteiger partial charge >= 0.3 is 0 Å². The van der Waals surface area contributed by atoms with Crippen LogP contribution in [0.5, 0.6) is 0 Å². The Hall–Kier alpha value is -3.46. The molecule has 9 nitrogen and oxygen atoms in total. The fourth-order valence-corrected chi connectivity index (χ4v) is 3.84. The molecule has 1 aliphatic rings. The molecule has 0 radical (unpaired) electrons. The Morgan fingerprint density at radius 3 is 2.60 bits per heavy atom. The minimum Gasteiger partial charge on any atom is -0.393 e. The maximum absolute atomic E-state index is 12.8. The summed E-state index contributed by atoms with van der Waals surface area (Å²) in [7, 11) is 0. The average Bonchev–Trinajstić information content (AvgIpc) is 3.02. The Labute approximate surface area is 173 Å². The van der Waals surface area contributed by atoms with Crippen molar-refractivity contribution in [2.75, 3.05) is 31.9 Å². The molecule has 1 fully saturated rings. The van der Waals surface area contributed by atoms with Crippen molar-refractivity contribution in [2.45, 2.75) is 20.4 Å². The molecule has 3 heterocycles. The molecule has 9 heteroatoms. The summed E-state index contributed by atoms with van der Waals surface area (Å²) in [5.41, 5.74) is 10.0. The van der Waals surface area contributed by atoms with Crippen LogP contribution in [0.25, 0.3) is 5.65 Å². The van der Waals surface area contributed by atoms with E-state index in [1.165, 1.54) is 17.7 Å². The second-order valence-electron chi connectivity index (χ2n) is 7.68. The Bertz CT molecular complexity index is 1130. The van der Waals surface area contributed by atoms with Crippen LogP contribution in [-0.4, -0.2) is 56.2 Å². The van der Waals surface area contributed by atoms with E-state index in [1.54, 1.807) is 11.0 Å². The zero-order chi connectivity index (χ0) is 21.4. The topological polar surface area (TPSA) is 110 Å². The Kier molecular flexibility index (Phi) is 5.13. The van der Waals surface area contributed by atoms with Crippen molar-refractivity contribution in [3.63, 3.8) is 0 Å². The summed E-state index contributed by atoms with van der Waals surface area (Å²) in [5, 5.41) is 11.1. The number of anilines is 1. The van der Waals surface area contributed by atoms with Crippen molar-refractivity contribution in [3.8, 4) is 0 Å². The number of benzene rings is 1. The molecule has 2 N–H and O–H groups in total. The highest BCUT2D eigenvalue weighted by molar-refractivity contribution is 5.95. The third kappa shape index (κ3) is 3.71. The van der Waals surface area contributed by atoms with Crippen LogP contribution in [0.3, 0.4) is 0 Å². The number of nitro groups is 1. The summed E-state index contributed by atoms with van der Waals surface area (Å²) in [4.78, 5) is 32.0. The lowest BCUT2D eigenvalue weighted by atomic mass is 10.1. The number of nitrogens with two attached hydrogens (primary N) is 1. The maximum atomic E-state index is 12.8. The summed E-state index contributed by atoms with van der Waals surface area (Å²) in [6.07, 6.45) is 2.05. The molecule has 0 saturated carbocycles. The van der Waals surface area contributed by atoms with Crippen molar-refractivity contribution in [2.24, 2.45) is 0 Å². The number of pyridine rings is 1. The number of carbonyl (C=O) groups excluding carboxylic acids is 1. The molecule has 0 aliphatic carbocycles. The van der Waals surface area contributed by atoms with Gasteiger partial charge < -0.3 is 15.0 Å². The minimum absolute atomic E-state index is 0.0555. The molecule has 0 atom stereocenters. The van der Waals surface area contributed by atoms with Crippen molar-refractivity contribution >= 4 is 22.9 Å². The van der Waals surface area contributed by atoms with E-state index >= 15 is 0 Å². The zero-order valence-corrected chi connectivity index (χ0v) is 17.0. The van der Waals surface area contributed by atoms with Crippen LogP contribution in [0, 0.1) is 24.0 Å². The number of hydrogen-bond donors (Lipinski definition) is 1. The number of hydrogen-bond acceptors (Lipinski definition) is 6. The Morgan fingerprint density at radius 2 is 1.90 bits per heavy atom. The van der Waals surface area contributed by atoms with Gasteiger partial charge in [-0.2, -0.15) is 0 Å². The number of nitro benzene ring substituents is 1. The molecule has 4 rings (SSSR count). The van der Waals surface area contributed by atoms with Crippen molar-refractivity contribution in [1.29, 1.82) is 0 Å². The number of nitrogens with zero attached hydrogens (tertiary/aromatic N) is 5. The summed E-state index contributed by atoms with van der Waals surface area (Å²) in [6.45, 7) is 7.40. The number of fused-ring (bicyclic) bond motifs is 1. The van der Waals surface area contributed by atoms with Gasteiger partial charge in [0, 0.05) is 50.6 Å². The smallest absolute Gasteiger partial charge is 0.292 e. The van der Waals surface area contributed by atoms with Crippen LogP contribution < -0.4 is 5.73 Å². The predicted octanol–water partition coefficient (Wildman–Crippen LogP) is 2.40. The fraction of sp³-hybridized carbons (Fsp3) is 0.333. The van der Waals surface area contributed by atoms with E-state index in [0.29, 0.717) is 13.1 Å². The highest BCUT2D eigenvalue weighted by Gasteiger charge is 2.25. The van der Waals surface area contributed by atoms with Crippen molar-refractivity contribution < 1.29 is 9.72 Å². The van der Waals surface area contributed by atoms with Crippen molar-refractivity contribution in [1.82, 2.24) is 19.2 Å². The molecular weight excluding hydrogens is 384 g/mol. The normalized spacial score (nSPS) is 14.9. The fourth-order valence-electron chi connectivity index (χ4n) is 3.84. The summed E-state index contributed by atoms with van der Waals surface area (Å²) in [5.74, 6) is -0.209. The highest BCUT2D eigenvalue weighted by atomic mass is 16.6. The van der Waals surface area contributed by atoms with Crippen LogP contribution in [0.4, 0.5) is 11.4 Å². The van der Waals surface area contributed by atoms with Gasteiger partial charge in [-0.15, -0.1) is 0 Å². The van der Waals surface area contributed by atoms with E-state index in [-0.39, 0.29) is 22.8 Å². The summed E-state index contributed by atoms with van der Waals surface area (Å²) < 4.78 is 2.12. The van der Waals surface area contributed by atoms with Gasteiger partial charge in [0.1, 0.15) is 11.3 Å². The van der Waals surface area contributed by atoms with E-state index in [4.69, 9.17) is 5.73 Å². The van der Waals surface area contributed by atoms with Gasteiger partial charge in [0.05, 0.1) is 16.3 Å². The van der Waals surface area contributed by atoms with Gasteiger partial charge in [-0.3, -0.25) is 19.8 Å². The quantitative estimate of drug-likeness (QED) is 0.403. The van der Waals surface area contributed by atoms with E-state index in [9.17, 15) is 14.9 Å². The van der Waals surface area contributed by atoms with Crippen molar-refractivity contribution in [3.05, 3.63) is 69.2 Å². The molecule has 1 aliphatic heterocycles. The third-order valence-electron chi connectivity index (χ3n) is 5.59. The number of amides is 1. The molecule has 30 heavy (non-hydrogen) atoms. The van der Waals surface area contributed by atoms with E-state index < -0.39 is 4.92 Å². The van der Waals surface area contributed by atoms with Crippen LogP contribution in [0.2, 0.25) is 0 Å². The molecule has 0 bridgehead atoms. The molecule has 2 aromatic heterocycles. The van der Waals surface area contributed by atoms with Gasteiger partial charge in [0.2, 0.25) is 0 Å². The standard InChI is InChI=1S/C21H24N6O3/c1-14-5-6-26-19(15(2)23-20(26)11-14)13-24-7-9-25(10-8-24)21(28)16-3-4-17(22)18(12-16)27(29)30/h3-6,11-12H,7-10,13,22H2,1-2H3. The molecule has 3 aromatic rings. The first-order chi connectivity index (χ1) is 14.3. The lowest BCUT2D eigenvalue weighted by Gasteiger charge is -2.34. The van der Waals surface area contributed by atoms with E-state index in [2.05, 4.69) is 33.3 Å². The number of piperazine rings is 1. The SMILES string of the molecule is Cc1ccn2c(CN3CCN(C(=O)c4ccc(N)c([N+](=O)[O-])c4)CC3)c(C)nc2c1. The molecular formula is C21H24N6O3.